The summed E-state index contributed by atoms with van der Waals surface area (Å²) in [4.78, 5) is 243. The van der Waals surface area contributed by atoms with Gasteiger partial charge in [0.1, 0.15) is 0 Å². The Morgan fingerprint density at radius 2 is 0.187 bits per heavy atom. The summed E-state index contributed by atoms with van der Waals surface area (Å²) in [5.41, 5.74) is 0. The molecule has 0 fully saturated rings. The van der Waals surface area contributed by atoms with Crippen molar-refractivity contribution in [2.45, 2.75) is 0 Å². The normalized spacial score (nSPS) is 12.6. The summed E-state index contributed by atoms with van der Waals surface area (Å²) in [5, 5.41) is 0. The third-order valence-electron chi connectivity index (χ3n) is 2.00. The van der Waals surface area contributed by atoms with Crippen LogP contribution in [0.5, 0.6) is 0 Å². The third-order valence-corrected chi connectivity index (χ3v) is 18.0. The van der Waals surface area contributed by atoms with Crippen LogP contribution in [-0.4, -0.2) is 227 Å². The molecule has 0 aromatic heterocycles. The van der Waals surface area contributed by atoms with Gasteiger partial charge in [-0.25, -0.2) is 0 Å². The Balaban J connectivity index is -0.0000000447. The molecule has 440 valence electrons. The van der Waals surface area contributed by atoms with Gasteiger partial charge >= 0.3 is 227 Å². The van der Waals surface area contributed by atoms with Gasteiger partial charge in [-0.2, -0.15) is 0 Å². The van der Waals surface area contributed by atoms with E-state index < -0.39 is 117 Å². The first-order chi connectivity index (χ1) is 27.1. The maximum Gasteiger partial charge on any atom is 2.00 e. The van der Waals surface area contributed by atoms with E-state index in [2.05, 4.69) is 43.1 Å². The second-order valence-electron chi connectivity index (χ2n) is 7.52. The molecule has 0 N–H and O–H groups in total. The fraction of sp³-hybridized carbons (Fsp3) is 0. The molecule has 0 amide bonds. The monoisotopic (exact) mass is 1800 g/mol. The maximum absolute atomic E-state index is 10.1. The molecular formula is F5O50P15Sr5-20. The molecule has 0 aliphatic carbocycles. The predicted molar refractivity (Wildman–Crippen MR) is 154 cm³/mol. The standard InChI is InChI=1S/5FH.5H5O10P3.5Sr/c;;;;;5*1-11(2,3)9-13(7,8)10-12(4,5)6;;;;;/h5*1H;5*(H,7,8)(H2,1,2,3)(H2,4,5,6);;;;;/q;;;;;;;;;;5*+2/p-30. The quantitative estimate of drug-likeness (QED) is 0.0620. The average molecular weight is 1800 g/mol. The molecule has 50 nitrogen and oxygen atoms in total. The van der Waals surface area contributed by atoms with Crippen molar-refractivity contribution in [3.63, 3.8) is 0 Å². The molecule has 0 saturated carbocycles. The summed E-state index contributed by atoms with van der Waals surface area (Å²) in [6, 6.07) is 0. The molecule has 0 unspecified atom stereocenters. The molecule has 0 rings (SSSR count). The summed E-state index contributed by atoms with van der Waals surface area (Å²) < 4.78 is 173. The van der Waals surface area contributed by atoms with Gasteiger partial charge in [0.25, 0.3) is 39.1 Å². The van der Waals surface area contributed by atoms with Gasteiger partial charge in [0.2, 0.25) is 0 Å². The van der Waals surface area contributed by atoms with Crippen molar-refractivity contribution < 1.29 is 257 Å². The van der Waals surface area contributed by atoms with Crippen LogP contribution in [0.15, 0.2) is 0 Å². The van der Waals surface area contributed by atoms with Gasteiger partial charge in [0.15, 0.2) is 0 Å². The molecule has 0 heterocycles. The van der Waals surface area contributed by atoms with Crippen molar-refractivity contribution in [1.82, 2.24) is 0 Å². The smallest absolute Gasteiger partial charge is 1.00 e. The van der Waals surface area contributed by atoms with Crippen molar-refractivity contribution in [2.24, 2.45) is 0 Å². The van der Waals surface area contributed by atoms with Gasteiger partial charge in [-0.15, -0.1) is 0 Å². The van der Waals surface area contributed by atoms with E-state index in [-0.39, 0.29) is 251 Å². The molecular weight excluding hydrogens is 1800 g/mol. The number of hydrogen-bond acceptors (Lipinski definition) is 50. The first-order valence-electron chi connectivity index (χ1n) is 11.0. The van der Waals surface area contributed by atoms with Gasteiger partial charge in [0, 0.05) is 0 Å². The van der Waals surface area contributed by atoms with E-state index in [1.54, 1.807) is 0 Å². The van der Waals surface area contributed by atoms with Gasteiger partial charge in [-0.05, 0) is 0 Å². The van der Waals surface area contributed by atoms with Crippen LogP contribution in [0, 0.1) is 0 Å². The molecule has 0 bridgehead atoms. The van der Waals surface area contributed by atoms with Crippen LogP contribution in [0.2, 0.25) is 0 Å². The van der Waals surface area contributed by atoms with E-state index in [4.69, 9.17) is 0 Å². The van der Waals surface area contributed by atoms with E-state index in [0.29, 0.717) is 0 Å². The first-order valence-corrected chi connectivity index (χ1v) is 32.9. The molecule has 0 aromatic carbocycles. The van der Waals surface area contributed by atoms with E-state index >= 15 is 0 Å². The number of phosphoric acid groups is 15. The average Bonchev–Trinajstić information content (AvgIpc) is 2.68. The van der Waals surface area contributed by atoms with E-state index in [1.165, 1.54) is 0 Å². The van der Waals surface area contributed by atoms with Crippen LogP contribution in [0.3, 0.4) is 0 Å². The first kappa shape index (κ1) is 122. The molecule has 0 saturated heterocycles. The summed E-state index contributed by atoms with van der Waals surface area (Å²) in [6.07, 6.45) is 0. The van der Waals surface area contributed by atoms with Crippen molar-refractivity contribution in [3.05, 3.63) is 0 Å². The third kappa shape index (κ3) is 114. The van der Waals surface area contributed by atoms with Crippen LogP contribution in [0.25, 0.3) is 0 Å². The zero-order valence-corrected chi connectivity index (χ0v) is 63.3. The minimum atomic E-state index is -5.97. The van der Waals surface area contributed by atoms with E-state index in [1.807, 2.05) is 0 Å². The largest absolute Gasteiger partial charge is 2.00 e. The number of halogens is 5. The van der Waals surface area contributed by atoms with E-state index in [0.717, 1.165) is 0 Å². The summed E-state index contributed by atoms with van der Waals surface area (Å²) in [6.45, 7) is 0. The molecule has 0 aromatic rings. The Hall–Kier alpha value is 9.10. The second kappa shape index (κ2) is 47.1. The fourth-order valence-electron chi connectivity index (χ4n) is 1.30. The van der Waals surface area contributed by atoms with Crippen molar-refractivity contribution in [2.75, 3.05) is 0 Å². The van der Waals surface area contributed by atoms with Gasteiger partial charge < -0.3 is 192 Å². The molecule has 75 heteroatoms. The Morgan fingerprint density at radius 3 is 0.213 bits per heavy atom. The Kier molecular flexibility index (Phi) is 76.3. The molecule has 0 spiro atoms. The van der Waals surface area contributed by atoms with Crippen molar-refractivity contribution in [1.29, 1.82) is 0 Å². The molecule has 0 radical (unpaired) electrons. The Labute approximate surface area is 591 Å². The fourth-order valence-corrected chi connectivity index (χ4v) is 13.0. The van der Waals surface area contributed by atoms with Gasteiger partial charge in [-0.1, -0.05) is 0 Å². The van der Waals surface area contributed by atoms with Crippen LogP contribution >= 0.6 is 117 Å². The predicted octanol–water partition coefficient (Wildman–Crippen LogP) is -36.2. The zero-order chi connectivity index (χ0) is 54.6. The van der Waals surface area contributed by atoms with Crippen LogP contribution < -0.4 is 146 Å². The summed E-state index contributed by atoms with van der Waals surface area (Å²) >= 11 is 0. The van der Waals surface area contributed by atoms with Crippen LogP contribution in [0.4, 0.5) is 0 Å². The van der Waals surface area contributed by atoms with Crippen LogP contribution in [-0.2, 0) is 112 Å². The maximum atomic E-state index is 10.1. The number of hydrogen-bond donors (Lipinski definition) is 0. The molecule has 0 aliphatic heterocycles. The summed E-state index contributed by atoms with van der Waals surface area (Å²) in [7, 11) is -89.5. The van der Waals surface area contributed by atoms with Crippen molar-refractivity contribution in [3.8, 4) is 0 Å². The molecule has 0 aliphatic rings. The molecule has 0 atom stereocenters. The second-order valence-corrected chi connectivity index (χ2v) is 27.5. The Morgan fingerprint density at radius 1 is 0.147 bits per heavy atom. The minimum Gasteiger partial charge on any atom is -1.00 e. The van der Waals surface area contributed by atoms with E-state index in [9.17, 15) is 191 Å². The topological polar surface area (TPSA) is 925 Å². The minimum absolute atomic E-state index is 0. The van der Waals surface area contributed by atoms with Crippen LogP contribution in [0.1, 0.15) is 0 Å². The zero-order valence-electron chi connectivity index (χ0n) is 32.5. The summed E-state index contributed by atoms with van der Waals surface area (Å²) in [5.74, 6) is 0. The SMILES string of the molecule is O=P([O-])([O-])OP(=O)([O-])OP(=O)([O-])[O-].O=P([O-])([O-])OP(=O)([O-])OP(=O)([O-])[O-].O=P([O-])([O-])OP(=O)([O-])OP(=O)([O-])[O-].O=P([O-])([O-])OP(=O)([O-])OP(=O)([O-])[O-].O=P([O-])([O-])OP(=O)([O-])OP(=O)([O-])[O-].[F-].[F-].[F-].[F-].[F-].[Sr+2].[Sr+2].[Sr+2].[Sr+2].[Sr+2]. The Bertz CT molecular complexity index is 1780. The van der Waals surface area contributed by atoms with Gasteiger partial charge in [0.05, 0.1) is 78.2 Å². The number of rotatable bonds is 20. The molecule has 75 heavy (non-hydrogen) atoms. The van der Waals surface area contributed by atoms with Gasteiger partial charge in [-0.3, -0.25) is 65.9 Å². The van der Waals surface area contributed by atoms with Crippen molar-refractivity contribution >= 4 is 345 Å².